The van der Waals surface area contributed by atoms with Crippen LogP contribution in [0.5, 0.6) is 0 Å². The van der Waals surface area contributed by atoms with Crippen LogP contribution in [0.1, 0.15) is 17.0 Å². The van der Waals surface area contributed by atoms with Gasteiger partial charge in [-0.05, 0) is 33.6 Å². The molecular weight excluding hydrogens is 230 g/mol. The lowest BCUT2D eigenvalue weighted by atomic mass is 9.97. The van der Waals surface area contributed by atoms with Gasteiger partial charge < -0.3 is 4.74 Å². The number of benzene rings is 1. The third kappa shape index (κ3) is 1.60. The predicted molar refractivity (Wildman–Crippen MR) is 52.4 cm³/mol. The molecule has 0 atom stereocenters. The Hall–Kier alpha value is -0.850. The average Bonchev–Trinajstić information content (AvgIpc) is 2.01. The molecule has 0 unspecified atom stereocenters. The van der Waals surface area contributed by atoms with Crippen LogP contribution in [-0.4, -0.2) is 13.2 Å². The number of rotatable bonds is 1. The molecule has 2 rings (SSSR count). The van der Waals surface area contributed by atoms with E-state index in [0.717, 1.165) is 17.7 Å². The zero-order chi connectivity index (χ0) is 9.26. The van der Waals surface area contributed by atoms with Crippen molar-refractivity contribution in [2.45, 2.75) is 5.92 Å². The Morgan fingerprint density at radius 1 is 1.46 bits per heavy atom. The van der Waals surface area contributed by atoms with Crippen LogP contribution in [0.2, 0.25) is 0 Å². The first-order valence-electron chi connectivity index (χ1n) is 4.08. The Morgan fingerprint density at radius 3 is 2.69 bits per heavy atom. The molecule has 0 aliphatic carbocycles. The molecule has 0 amide bonds. The summed E-state index contributed by atoms with van der Waals surface area (Å²) in [5.41, 5.74) is 1.93. The van der Waals surface area contributed by atoms with Crippen LogP contribution in [0.3, 0.4) is 0 Å². The molecule has 0 spiro atoms. The topological polar surface area (TPSA) is 33.0 Å². The monoisotopic (exact) mass is 237 g/mol. The third-order valence-electron chi connectivity index (χ3n) is 2.22. The van der Waals surface area contributed by atoms with Crippen molar-refractivity contribution < 1.29 is 4.74 Å². The number of hydrogen-bond donors (Lipinski definition) is 0. The summed E-state index contributed by atoms with van der Waals surface area (Å²) in [5.74, 6) is 0.518. The van der Waals surface area contributed by atoms with Gasteiger partial charge in [0.2, 0.25) is 0 Å². The van der Waals surface area contributed by atoms with Crippen molar-refractivity contribution in [1.29, 1.82) is 5.26 Å². The summed E-state index contributed by atoms with van der Waals surface area (Å²) in [6.07, 6.45) is 0. The van der Waals surface area contributed by atoms with E-state index in [4.69, 9.17) is 10.00 Å². The van der Waals surface area contributed by atoms with Crippen molar-refractivity contribution in [1.82, 2.24) is 0 Å². The van der Waals surface area contributed by atoms with Crippen LogP contribution in [0, 0.1) is 11.3 Å². The number of hydrogen-bond acceptors (Lipinski definition) is 2. The number of nitriles is 1. The lowest BCUT2D eigenvalue weighted by Crippen LogP contribution is -2.24. The summed E-state index contributed by atoms with van der Waals surface area (Å²) in [7, 11) is 0. The smallest absolute Gasteiger partial charge is 0.100 e. The minimum Gasteiger partial charge on any atom is -0.380 e. The van der Waals surface area contributed by atoms with Crippen molar-refractivity contribution in [3.8, 4) is 6.07 Å². The fraction of sp³-hybridized carbons (Fsp3) is 0.300. The molecule has 1 aromatic rings. The highest BCUT2D eigenvalue weighted by Crippen LogP contribution is 2.27. The van der Waals surface area contributed by atoms with Gasteiger partial charge in [-0.25, -0.2) is 0 Å². The van der Waals surface area contributed by atoms with Crippen LogP contribution in [-0.2, 0) is 4.74 Å². The second-order valence-electron chi connectivity index (χ2n) is 3.09. The van der Waals surface area contributed by atoms with Gasteiger partial charge in [-0.3, -0.25) is 0 Å². The van der Waals surface area contributed by atoms with E-state index in [0.29, 0.717) is 11.5 Å². The zero-order valence-electron chi connectivity index (χ0n) is 6.96. The van der Waals surface area contributed by atoms with E-state index < -0.39 is 0 Å². The Morgan fingerprint density at radius 2 is 2.23 bits per heavy atom. The molecule has 1 aromatic carbocycles. The molecule has 0 saturated carbocycles. The second-order valence-corrected chi connectivity index (χ2v) is 3.94. The molecule has 66 valence electrons. The molecule has 1 saturated heterocycles. The first kappa shape index (κ1) is 8.74. The zero-order valence-corrected chi connectivity index (χ0v) is 8.54. The molecule has 3 heteroatoms. The highest BCUT2D eigenvalue weighted by Gasteiger charge is 2.20. The molecule has 1 heterocycles. The van der Waals surface area contributed by atoms with Crippen molar-refractivity contribution in [3.63, 3.8) is 0 Å². The van der Waals surface area contributed by atoms with Crippen molar-refractivity contribution in [2.75, 3.05) is 13.2 Å². The summed E-state index contributed by atoms with van der Waals surface area (Å²) in [6.45, 7) is 1.61. The minimum absolute atomic E-state index is 0.518. The van der Waals surface area contributed by atoms with E-state index in [-0.39, 0.29) is 0 Å². The SMILES string of the molecule is N#Cc1ccc(C2COC2)cc1Br. The van der Waals surface area contributed by atoms with Crippen LogP contribution in [0.4, 0.5) is 0 Å². The fourth-order valence-electron chi connectivity index (χ4n) is 1.30. The van der Waals surface area contributed by atoms with Gasteiger partial charge in [0.25, 0.3) is 0 Å². The maximum Gasteiger partial charge on any atom is 0.100 e. The second kappa shape index (κ2) is 3.49. The molecular formula is C10H8BrNO. The van der Waals surface area contributed by atoms with Crippen LogP contribution in [0.15, 0.2) is 22.7 Å². The first-order valence-corrected chi connectivity index (χ1v) is 4.88. The van der Waals surface area contributed by atoms with Gasteiger partial charge in [0, 0.05) is 10.4 Å². The molecule has 2 nitrogen and oxygen atoms in total. The van der Waals surface area contributed by atoms with Crippen LogP contribution in [0.25, 0.3) is 0 Å². The van der Waals surface area contributed by atoms with Crippen molar-refractivity contribution >= 4 is 15.9 Å². The molecule has 1 aliphatic rings. The predicted octanol–water partition coefficient (Wildman–Crippen LogP) is 2.43. The van der Waals surface area contributed by atoms with E-state index in [1.807, 2.05) is 18.2 Å². The normalized spacial score (nSPS) is 16.3. The van der Waals surface area contributed by atoms with Gasteiger partial charge in [-0.1, -0.05) is 6.07 Å². The molecule has 1 aliphatic heterocycles. The standard InChI is InChI=1S/C10H8BrNO/c11-10-3-7(9-5-13-6-9)1-2-8(10)4-12/h1-3,9H,5-6H2. The van der Waals surface area contributed by atoms with E-state index in [1.165, 1.54) is 5.56 Å². The molecule has 1 fully saturated rings. The number of ether oxygens (including phenoxy) is 1. The van der Waals surface area contributed by atoms with E-state index in [1.54, 1.807) is 0 Å². The van der Waals surface area contributed by atoms with Gasteiger partial charge in [0.1, 0.15) is 6.07 Å². The summed E-state index contributed by atoms with van der Waals surface area (Å²) in [6, 6.07) is 7.97. The highest BCUT2D eigenvalue weighted by atomic mass is 79.9. The van der Waals surface area contributed by atoms with E-state index in [9.17, 15) is 0 Å². The summed E-state index contributed by atoms with van der Waals surface area (Å²) in [4.78, 5) is 0. The fourth-order valence-corrected chi connectivity index (χ4v) is 1.79. The molecule has 13 heavy (non-hydrogen) atoms. The van der Waals surface area contributed by atoms with E-state index in [2.05, 4.69) is 22.0 Å². The van der Waals surface area contributed by atoms with Gasteiger partial charge in [-0.15, -0.1) is 0 Å². The molecule has 0 radical (unpaired) electrons. The van der Waals surface area contributed by atoms with Crippen LogP contribution >= 0.6 is 15.9 Å². The van der Waals surface area contributed by atoms with Gasteiger partial charge in [0.15, 0.2) is 0 Å². The third-order valence-corrected chi connectivity index (χ3v) is 2.88. The summed E-state index contributed by atoms with van der Waals surface area (Å²) in [5, 5.41) is 8.71. The highest BCUT2D eigenvalue weighted by molar-refractivity contribution is 9.10. The average molecular weight is 238 g/mol. The largest absolute Gasteiger partial charge is 0.380 e. The Labute approximate surface area is 85.3 Å². The van der Waals surface area contributed by atoms with Gasteiger partial charge >= 0.3 is 0 Å². The molecule has 0 N–H and O–H groups in total. The van der Waals surface area contributed by atoms with E-state index >= 15 is 0 Å². The summed E-state index contributed by atoms with van der Waals surface area (Å²) < 4.78 is 5.98. The maximum absolute atomic E-state index is 8.71. The molecule has 0 aromatic heterocycles. The Bertz CT molecular complexity index is 366. The Kier molecular flexibility index (Phi) is 2.34. The molecule has 0 bridgehead atoms. The first-order chi connectivity index (χ1) is 6.31. The lowest BCUT2D eigenvalue weighted by molar-refractivity contribution is 0.00840. The number of nitrogens with zero attached hydrogens (tertiary/aromatic N) is 1. The number of halogens is 1. The van der Waals surface area contributed by atoms with Gasteiger partial charge in [-0.2, -0.15) is 5.26 Å². The quantitative estimate of drug-likeness (QED) is 0.752. The maximum atomic E-state index is 8.71. The van der Waals surface area contributed by atoms with Gasteiger partial charge in [0.05, 0.1) is 18.8 Å². The van der Waals surface area contributed by atoms with Crippen molar-refractivity contribution in [2.24, 2.45) is 0 Å². The van der Waals surface area contributed by atoms with Crippen molar-refractivity contribution in [3.05, 3.63) is 33.8 Å². The Balaban J connectivity index is 2.30. The summed E-state index contributed by atoms with van der Waals surface area (Å²) >= 11 is 3.37. The minimum atomic E-state index is 0.518. The lowest BCUT2D eigenvalue weighted by Gasteiger charge is -2.26. The van der Waals surface area contributed by atoms with Crippen LogP contribution < -0.4 is 0 Å².